The molecule has 0 aliphatic carbocycles. The number of aliphatic hydroxyl groups excluding tert-OH is 2. The Kier molecular flexibility index (Phi) is 5.56. The molecule has 0 unspecified atom stereocenters. The van der Waals surface area contributed by atoms with E-state index < -0.39 is 11.8 Å². The summed E-state index contributed by atoms with van der Waals surface area (Å²) in [6, 6.07) is 5.22. The number of hydrogen-bond acceptors (Lipinski definition) is 6. The smallest absolute Gasteiger partial charge is 0.312 e. The molecule has 0 saturated heterocycles. The van der Waals surface area contributed by atoms with Crippen molar-refractivity contribution in [1.29, 1.82) is 0 Å². The highest BCUT2D eigenvalue weighted by Crippen LogP contribution is 2.32. The minimum absolute atomic E-state index is 0.00314. The molecule has 22 heavy (non-hydrogen) atoms. The van der Waals surface area contributed by atoms with Crippen molar-refractivity contribution in [2.75, 3.05) is 33.1 Å². The summed E-state index contributed by atoms with van der Waals surface area (Å²) in [5.41, 5.74) is 0.765. The molecule has 120 valence electrons. The van der Waals surface area contributed by atoms with Crippen LogP contribution in [0.15, 0.2) is 18.2 Å². The highest BCUT2D eigenvalue weighted by Gasteiger charge is 2.21. The molecule has 1 aliphatic heterocycles. The van der Waals surface area contributed by atoms with Gasteiger partial charge in [0.2, 0.25) is 6.79 Å². The second-order valence-electron chi connectivity index (χ2n) is 4.61. The van der Waals surface area contributed by atoms with Crippen molar-refractivity contribution in [2.45, 2.75) is 6.54 Å². The van der Waals surface area contributed by atoms with E-state index in [0.717, 1.165) is 10.5 Å². The van der Waals surface area contributed by atoms with Crippen LogP contribution in [0.2, 0.25) is 0 Å². The molecule has 0 saturated carbocycles. The fourth-order valence-electron chi connectivity index (χ4n) is 2.01. The van der Waals surface area contributed by atoms with Gasteiger partial charge in [-0.05, 0) is 17.7 Å². The first-order chi connectivity index (χ1) is 10.7. The molecule has 1 aromatic rings. The average molecular weight is 310 g/mol. The van der Waals surface area contributed by atoms with Gasteiger partial charge in [-0.15, -0.1) is 0 Å². The summed E-state index contributed by atoms with van der Waals surface area (Å²) in [6.07, 6.45) is 0. The van der Waals surface area contributed by atoms with Gasteiger partial charge in [0.1, 0.15) is 0 Å². The Morgan fingerprint density at radius 2 is 1.82 bits per heavy atom. The lowest BCUT2D eigenvalue weighted by Gasteiger charge is -2.19. The molecule has 0 aromatic heterocycles. The van der Waals surface area contributed by atoms with Gasteiger partial charge in [0.25, 0.3) is 0 Å². The largest absolute Gasteiger partial charge is 0.454 e. The monoisotopic (exact) mass is 310 g/mol. The molecular formula is C14H18N2O6. The van der Waals surface area contributed by atoms with E-state index in [1.54, 1.807) is 18.2 Å². The van der Waals surface area contributed by atoms with Gasteiger partial charge in [-0.25, -0.2) is 0 Å². The van der Waals surface area contributed by atoms with Crippen LogP contribution in [0.4, 0.5) is 0 Å². The van der Waals surface area contributed by atoms with Crippen molar-refractivity contribution in [1.82, 2.24) is 10.2 Å². The highest BCUT2D eigenvalue weighted by atomic mass is 16.7. The summed E-state index contributed by atoms with van der Waals surface area (Å²) in [5, 5.41) is 20.2. The van der Waals surface area contributed by atoms with Crippen molar-refractivity contribution in [3.05, 3.63) is 23.8 Å². The number of ether oxygens (including phenoxy) is 2. The molecule has 0 fully saturated rings. The third kappa shape index (κ3) is 3.86. The maximum absolute atomic E-state index is 11.9. The molecular weight excluding hydrogens is 292 g/mol. The summed E-state index contributed by atoms with van der Waals surface area (Å²) in [6.45, 7) is -0.232. The van der Waals surface area contributed by atoms with Crippen LogP contribution in [-0.4, -0.2) is 60.0 Å². The SMILES string of the molecule is O=C(NCc1ccc2c(c1)OCO2)C(=O)N(CCO)CCO. The first-order valence-electron chi connectivity index (χ1n) is 6.83. The minimum Gasteiger partial charge on any atom is -0.454 e. The van der Waals surface area contributed by atoms with E-state index in [0.29, 0.717) is 11.5 Å². The topological polar surface area (TPSA) is 108 Å². The normalized spacial score (nSPS) is 12.1. The lowest BCUT2D eigenvalue weighted by Crippen LogP contribution is -2.45. The second kappa shape index (κ2) is 7.62. The Labute approximate surface area is 127 Å². The molecule has 2 amide bonds. The van der Waals surface area contributed by atoms with Crippen molar-refractivity contribution >= 4 is 11.8 Å². The number of nitrogens with one attached hydrogen (secondary N) is 1. The summed E-state index contributed by atoms with van der Waals surface area (Å²) < 4.78 is 10.4. The van der Waals surface area contributed by atoms with E-state index in [4.69, 9.17) is 19.7 Å². The molecule has 8 heteroatoms. The summed E-state index contributed by atoms with van der Waals surface area (Å²) in [7, 11) is 0. The van der Waals surface area contributed by atoms with Crippen LogP contribution < -0.4 is 14.8 Å². The van der Waals surface area contributed by atoms with Gasteiger partial charge >= 0.3 is 11.8 Å². The molecule has 1 aliphatic rings. The summed E-state index contributed by atoms with van der Waals surface area (Å²) >= 11 is 0. The summed E-state index contributed by atoms with van der Waals surface area (Å²) in [4.78, 5) is 24.8. The zero-order valence-corrected chi connectivity index (χ0v) is 11.9. The van der Waals surface area contributed by atoms with Crippen LogP contribution in [0, 0.1) is 0 Å². The quantitative estimate of drug-likeness (QED) is 0.572. The number of amides is 2. The summed E-state index contributed by atoms with van der Waals surface area (Å²) in [5.74, 6) is -0.341. The van der Waals surface area contributed by atoms with Crippen molar-refractivity contribution in [2.24, 2.45) is 0 Å². The van der Waals surface area contributed by atoms with Crippen molar-refractivity contribution in [3.8, 4) is 11.5 Å². The van der Waals surface area contributed by atoms with Crippen LogP contribution in [0.1, 0.15) is 5.56 Å². The zero-order valence-electron chi connectivity index (χ0n) is 11.9. The lowest BCUT2D eigenvalue weighted by molar-refractivity contribution is -0.146. The molecule has 3 N–H and O–H groups in total. The number of hydrogen-bond donors (Lipinski definition) is 3. The number of rotatable bonds is 6. The predicted molar refractivity (Wildman–Crippen MR) is 75.2 cm³/mol. The van der Waals surface area contributed by atoms with Crippen LogP contribution in [0.3, 0.4) is 0 Å². The van der Waals surface area contributed by atoms with Gasteiger partial charge in [0.05, 0.1) is 13.2 Å². The Bertz CT molecular complexity index is 542. The van der Waals surface area contributed by atoms with Gasteiger partial charge in [0.15, 0.2) is 11.5 Å². The van der Waals surface area contributed by atoms with Crippen molar-refractivity contribution in [3.63, 3.8) is 0 Å². The first kappa shape index (κ1) is 16.1. The maximum Gasteiger partial charge on any atom is 0.312 e. The lowest BCUT2D eigenvalue weighted by atomic mass is 10.2. The number of nitrogens with zero attached hydrogens (tertiary/aromatic N) is 1. The molecule has 2 rings (SSSR count). The second-order valence-corrected chi connectivity index (χ2v) is 4.61. The van der Waals surface area contributed by atoms with E-state index in [1.807, 2.05) is 0 Å². The third-order valence-corrected chi connectivity index (χ3v) is 3.11. The van der Waals surface area contributed by atoms with Crippen LogP contribution in [0.5, 0.6) is 11.5 Å². The van der Waals surface area contributed by atoms with E-state index in [1.165, 1.54) is 0 Å². The van der Waals surface area contributed by atoms with Crippen LogP contribution in [0.25, 0.3) is 0 Å². The average Bonchev–Trinajstić information content (AvgIpc) is 2.99. The molecule has 0 bridgehead atoms. The Morgan fingerprint density at radius 1 is 1.14 bits per heavy atom. The molecule has 1 aromatic carbocycles. The Hall–Kier alpha value is -2.32. The number of carbonyl (C=O) groups excluding carboxylic acids is 2. The maximum atomic E-state index is 11.9. The molecule has 0 atom stereocenters. The van der Waals surface area contributed by atoms with Crippen molar-refractivity contribution < 1.29 is 29.3 Å². The van der Waals surface area contributed by atoms with E-state index in [2.05, 4.69) is 5.32 Å². The Morgan fingerprint density at radius 3 is 2.50 bits per heavy atom. The number of fused-ring (bicyclic) bond motifs is 1. The van der Waals surface area contributed by atoms with Gasteiger partial charge in [0, 0.05) is 19.6 Å². The number of carbonyl (C=O) groups is 2. The minimum atomic E-state index is -0.792. The Balaban J connectivity index is 1.90. The predicted octanol–water partition coefficient (Wildman–Crippen LogP) is -1.16. The fourth-order valence-corrected chi connectivity index (χ4v) is 2.01. The van der Waals surface area contributed by atoms with Gasteiger partial charge in [-0.3, -0.25) is 9.59 Å². The van der Waals surface area contributed by atoms with E-state index >= 15 is 0 Å². The van der Waals surface area contributed by atoms with E-state index in [-0.39, 0.29) is 39.6 Å². The van der Waals surface area contributed by atoms with Gasteiger partial charge in [-0.1, -0.05) is 6.07 Å². The number of benzene rings is 1. The van der Waals surface area contributed by atoms with Crippen LogP contribution in [-0.2, 0) is 16.1 Å². The molecule has 1 heterocycles. The van der Waals surface area contributed by atoms with Crippen LogP contribution >= 0.6 is 0 Å². The molecule has 0 radical (unpaired) electrons. The number of aliphatic hydroxyl groups is 2. The highest BCUT2D eigenvalue weighted by molar-refractivity contribution is 6.34. The first-order valence-corrected chi connectivity index (χ1v) is 6.83. The van der Waals surface area contributed by atoms with Gasteiger partial charge < -0.3 is 29.9 Å². The van der Waals surface area contributed by atoms with Gasteiger partial charge in [-0.2, -0.15) is 0 Å². The molecule has 8 nitrogen and oxygen atoms in total. The zero-order chi connectivity index (χ0) is 15.9. The fraction of sp³-hybridized carbons (Fsp3) is 0.429. The third-order valence-electron chi connectivity index (χ3n) is 3.11. The van der Waals surface area contributed by atoms with E-state index in [9.17, 15) is 9.59 Å². The molecule has 0 spiro atoms. The standard InChI is InChI=1S/C14H18N2O6/c17-5-3-16(4-6-18)14(20)13(19)15-8-10-1-2-11-12(7-10)22-9-21-11/h1-2,7,17-18H,3-6,8-9H2,(H,15,19).